The van der Waals surface area contributed by atoms with E-state index in [1.54, 1.807) is 10.7 Å². The largest absolute Gasteiger partial charge is 0.474 e. The number of carbonyl (C=O) groups excluding carboxylic acids is 2. The second-order valence-electron chi connectivity index (χ2n) is 11.0. The summed E-state index contributed by atoms with van der Waals surface area (Å²) in [5, 5.41) is 10.6. The van der Waals surface area contributed by atoms with Crippen LogP contribution in [0.25, 0.3) is 0 Å². The first-order valence-corrected chi connectivity index (χ1v) is 15.9. The molecule has 10 nitrogen and oxygen atoms in total. The maximum Gasteiger partial charge on any atom is 0.272 e. The maximum absolute atomic E-state index is 14.0. The van der Waals surface area contributed by atoms with Gasteiger partial charge in [-0.05, 0) is 88.3 Å². The molecule has 2 aliphatic heterocycles. The molecule has 0 aromatic carbocycles. The lowest BCUT2D eigenvalue weighted by molar-refractivity contribution is -0.163. The number of nitrogens with one attached hydrogen (secondary N) is 2. The fraction of sp³-hybridized carbons (Fsp3) is 0.655. The van der Waals surface area contributed by atoms with E-state index in [0.717, 1.165) is 74.9 Å². The van der Waals surface area contributed by atoms with Crippen LogP contribution in [-0.4, -0.2) is 75.8 Å². The lowest BCUT2D eigenvalue weighted by Gasteiger charge is -2.29. The zero-order chi connectivity index (χ0) is 28.6. The summed E-state index contributed by atoms with van der Waals surface area (Å²) in [7, 11) is 0. The molecule has 1 saturated carbocycles. The van der Waals surface area contributed by atoms with Crippen LogP contribution in [0, 0.1) is 12.7 Å². The van der Waals surface area contributed by atoms with Crippen molar-refractivity contribution in [3.05, 3.63) is 41.1 Å². The number of halogens is 1. The number of carbonyl (C=O) groups is 2. The number of ether oxygens (including phenoxy) is 3. The molecule has 3 aliphatic rings. The molecule has 0 spiro atoms. The molecule has 1 atom stereocenters. The van der Waals surface area contributed by atoms with Gasteiger partial charge in [-0.3, -0.25) is 14.3 Å². The van der Waals surface area contributed by atoms with E-state index < -0.39 is 5.82 Å². The SMILES string of the molecule is Cc1cc(C(=O)N[C@H]2CC[C@@H](NC(=O)c3cc(F)cnc3OC3CCSCC3)CC2)nn1CCOC1CCCCO1. The smallest absolute Gasteiger partial charge is 0.272 e. The van der Waals surface area contributed by atoms with Gasteiger partial charge >= 0.3 is 0 Å². The number of aromatic nitrogens is 3. The summed E-state index contributed by atoms with van der Waals surface area (Å²) >= 11 is 1.88. The van der Waals surface area contributed by atoms with E-state index in [1.807, 2.05) is 18.7 Å². The number of hydrogen-bond acceptors (Lipinski definition) is 8. The molecule has 0 bridgehead atoms. The Morgan fingerprint density at radius 3 is 2.49 bits per heavy atom. The van der Waals surface area contributed by atoms with Gasteiger partial charge in [-0.2, -0.15) is 16.9 Å². The third-order valence-electron chi connectivity index (χ3n) is 7.87. The van der Waals surface area contributed by atoms with E-state index in [2.05, 4.69) is 20.7 Å². The minimum absolute atomic E-state index is 0.00760. The average Bonchev–Trinajstić information content (AvgIpc) is 3.36. The standard InChI is InChI=1S/C29H40FN5O5S/c1-19-16-25(34-35(19)11-13-39-26-4-2-3-12-38-26)28(37)33-22-7-5-21(6-8-22)32-27(36)24-17-20(30)18-31-29(24)40-23-9-14-41-15-10-23/h16-18,21-23,26H,2-15H2,1H3,(H,32,36)(H,33,37)/t21-,22+,26?. The Hall–Kier alpha value is -2.70. The first-order chi connectivity index (χ1) is 19.9. The minimum atomic E-state index is -0.573. The Morgan fingerprint density at radius 2 is 1.78 bits per heavy atom. The number of aryl methyl sites for hydroxylation is 1. The van der Waals surface area contributed by atoms with Crippen LogP contribution in [0.1, 0.15) is 84.3 Å². The van der Waals surface area contributed by atoms with E-state index >= 15 is 0 Å². The lowest BCUT2D eigenvalue weighted by atomic mass is 9.91. The van der Waals surface area contributed by atoms with Gasteiger partial charge in [0.05, 0.1) is 19.3 Å². The molecule has 2 aromatic heterocycles. The molecule has 2 amide bonds. The Bertz CT molecular complexity index is 1180. The van der Waals surface area contributed by atoms with Crippen LogP contribution in [0.2, 0.25) is 0 Å². The molecular weight excluding hydrogens is 549 g/mol. The van der Waals surface area contributed by atoms with Crippen LogP contribution in [0.3, 0.4) is 0 Å². The molecule has 0 radical (unpaired) electrons. The molecule has 2 aromatic rings. The van der Waals surface area contributed by atoms with Crippen molar-refractivity contribution in [3.63, 3.8) is 0 Å². The summed E-state index contributed by atoms with van der Waals surface area (Å²) < 4.78 is 33.2. The van der Waals surface area contributed by atoms with Gasteiger partial charge < -0.3 is 24.8 Å². The molecular formula is C29H40FN5O5S. The number of thioether (sulfide) groups is 1. The highest BCUT2D eigenvalue weighted by atomic mass is 32.2. The van der Waals surface area contributed by atoms with E-state index in [1.165, 1.54) is 6.07 Å². The molecule has 4 heterocycles. The lowest BCUT2D eigenvalue weighted by Crippen LogP contribution is -2.44. The molecule has 41 heavy (non-hydrogen) atoms. The normalized spacial score (nSPS) is 23.6. The van der Waals surface area contributed by atoms with Gasteiger partial charge in [0, 0.05) is 24.4 Å². The van der Waals surface area contributed by atoms with E-state index in [4.69, 9.17) is 14.2 Å². The monoisotopic (exact) mass is 589 g/mol. The number of hydrogen-bond donors (Lipinski definition) is 2. The van der Waals surface area contributed by atoms with Crippen LogP contribution in [0.15, 0.2) is 18.3 Å². The average molecular weight is 590 g/mol. The van der Waals surface area contributed by atoms with Crippen molar-refractivity contribution in [2.45, 2.75) is 95.7 Å². The first kappa shape index (κ1) is 29.8. The van der Waals surface area contributed by atoms with Gasteiger partial charge in [-0.15, -0.1) is 0 Å². The third kappa shape index (κ3) is 8.42. The topological polar surface area (TPSA) is 117 Å². The van der Waals surface area contributed by atoms with Crippen LogP contribution in [0.4, 0.5) is 4.39 Å². The van der Waals surface area contributed by atoms with Crippen LogP contribution >= 0.6 is 11.8 Å². The predicted molar refractivity (Wildman–Crippen MR) is 153 cm³/mol. The minimum Gasteiger partial charge on any atom is -0.474 e. The molecule has 2 saturated heterocycles. The highest BCUT2D eigenvalue weighted by Crippen LogP contribution is 2.26. The molecule has 5 rings (SSSR count). The van der Waals surface area contributed by atoms with Gasteiger partial charge in [0.1, 0.15) is 23.2 Å². The Morgan fingerprint density at radius 1 is 1.05 bits per heavy atom. The highest BCUT2D eigenvalue weighted by Gasteiger charge is 2.27. The Balaban J connectivity index is 1.07. The van der Waals surface area contributed by atoms with Gasteiger partial charge in [0.15, 0.2) is 6.29 Å². The van der Waals surface area contributed by atoms with Gasteiger partial charge in [-0.25, -0.2) is 9.37 Å². The fourth-order valence-electron chi connectivity index (χ4n) is 5.50. The van der Waals surface area contributed by atoms with Crippen molar-refractivity contribution in [2.24, 2.45) is 0 Å². The second-order valence-corrected chi connectivity index (χ2v) is 12.2. The van der Waals surface area contributed by atoms with Crippen molar-refractivity contribution < 1.29 is 28.2 Å². The molecule has 2 N–H and O–H groups in total. The zero-order valence-corrected chi connectivity index (χ0v) is 24.4. The number of nitrogens with zero attached hydrogens (tertiary/aromatic N) is 3. The van der Waals surface area contributed by atoms with Gasteiger partial charge in [0.25, 0.3) is 11.8 Å². The van der Waals surface area contributed by atoms with Crippen molar-refractivity contribution in [2.75, 3.05) is 24.7 Å². The number of pyridine rings is 1. The van der Waals surface area contributed by atoms with E-state index in [0.29, 0.717) is 31.7 Å². The molecule has 224 valence electrons. The summed E-state index contributed by atoms with van der Waals surface area (Å²) in [5.74, 6) is 1.02. The third-order valence-corrected chi connectivity index (χ3v) is 8.91. The fourth-order valence-corrected chi connectivity index (χ4v) is 6.56. The molecule has 12 heteroatoms. The summed E-state index contributed by atoms with van der Waals surface area (Å²) in [4.78, 5) is 30.1. The van der Waals surface area contributed by atoms with Crippen LogP contribution in [0.5, 0.6) is 5.88 Å². The summed E-state index contributed by atoms with van der Waals surface area (Å²) in [6.45, 7) is 3.69. The molecule has 3 fully saturated rings. The van der Waals surface area contributed by atoms with E-state index in [9.17, 15) is 14.0 Å². The first-order valence-electron chi connectivity index (χ1n) is 14.7. The van der Waals surface area contributed by atoms with Crippen molar-refractivity contribution >= 4 is 23.6 Å². The summed E-state index contributed by atoms with van der Waals surface area (Å²) in [5.41, 5.74) is 1.41. The van der Waals surface area contributed by atoms with Gasteiger partial charge in [-0.1, -0.05) is 0 Å². The van der Waals surface area contributed by atoms with Gasteiger partial charge in [0.2, 0.25) is 5.88 Å². The van der Waals surface area contributed by atoms with Crippen molar-refractivity contribution in [1.29, 1.82) is 0 Å². The van der Waals surface area contributed by atoms with Crippen LogP contribution < -0.4 is 15.4 Å². The van der Waals surface area contributed by atoms with E-state index in [-0.39, 0.29) is 47.7 Å². The number of rotatable bonds is 10. The second kappa shape index (κ2) is 14.5. The Kier molecular flexibility index (Phi) is 10.5. The molecule has 1 aliphatic carbocycles. The zero-order valence-electron chi connectivity index (χ0n) is 23.6. The number of amides is 2. The maximum atomic E-state index is 14.0. The van der Waals surface area contributed by atoms with Crippen molar-refractivity contribution in [3.8, 4) is 5.88 Å². The van der Waals surface area contributed by atoms with Crippen LogP contribution in [-0.2, 0) is 16.0 Å². The summed E-state index contributed by atoms with van der Waals surface area (Å²) in [6.07, 6.45) is 8.62. The predicted octanol–water partition coefficient (Wildman–Crippen LogP) is 4.01. The highest BCUT2D eigenvalue weighted by molar-refractivity contribution is 7.99. The Labute approximate surface area is 244 Å². The summed E-state index contributed by atoms with van der Waals surface area (Å²) in [6, 6.07) is 2.90. The molecule has 1 unspecified atom stereocenters. The quantitative estimate of drug-likeness (QED) is 0.427. The van der Waals surface area contributed by atoms with Crippen molar-refractivity contribution in [1.82, 2.24) is 25.4 Å².